The minimum Gasteiger partial charge on any atom is -0.386 e. The number of nitrogens with zero attached hydrogens (tertiary/aromatic N) is 1. The Morgan fingerprint density at radius 2 is 2.18 bits per heavy atom. The molecule has 3 aromatic rings. The highest BCUT2D eigenvalue weighted by Gasteiger charge is 2.21. The number of ether oxygens (including phenoxy) is 2. The highest BCUT2D eigenvalue weighted by Crippen LogP contribution is 2.38. The van der Waals surface area contributed by atoms with Crippen LogP contribution in [0.4, 0.5) is 15.2 Å². The summed E-state index contributed by atoms with van der Waals surface area (Å²) in [4.78, 5) is 17.2. The fourth-order valence-corrected chi connectivity index (χ4v) is 4.78. The molecule has 4 rings (SSSR count). The number of hydrogen-bond acceptors (Lipinski definition) is 7. The van der Waals surface area contributed by atoms with Crippen molar-refractivity contribution in [1.82, 2.24) is 4.98 Å². The molecule has 180 valence electrons. The molecule has 34 heavy (non-hydrogen) atoms. The minimum absolute atomic E-state index is 0.246. The van der Waals surface area contributed by atoms with Crippen molar-refractivity contribution < 1.29 is 23.8 Å². The summed E-state index contributed by atoms with van der Waals surface area (Å²) in [7, 11) is 0. The van der Waals surface area contributed by atoms with E-state index in [9.17, 15) is 14.3 Å². The van der Waals surface area contributed by atoms with Crippen LogP contribution >= 0.6 is 11.3 Å². The van der Waals surface area contributed by atoms with E-state index in [0.717, 1.165) is 25.3 Å². The summed E-state index contributed by atoms with van der Waals surface area (Å²) in [5, 5.41) is 13.7. The van der Waals surface area contributed by atoms with Crippen LogP contribution in [-0.2, 0) is 21.7 Å². The molecule has 1 unspecified atom stereocenters. The van der Waals surface area contributed by atoms with Crippen LogP contribution in [-0.4, -0.2) is 35.8 Å². The number of nitrogens with two attached hydrogens (primary N) is 1. The maximum atomic E-state index is 14.8. The molecule has 0 bridgehead atoms. The fourth-order valence-electron chi connectivity index (χ4n) is 3.69. The number of benzene rings is 1. The van der Waals surface area contributed by atoms with Crippen molar-refractivity contribution in [1.29, 1.82) is 0 Å². The van der Waals surface area contributed by atoms with Gasteiger partial charge in [-0.15, -0.1) is 11.3 Å². The Kier molecular flexibility index (Phi) is 7.27. The van der Waals surface area contributed by atoms with Gasteiger partial charge >= 0.3 is 0 Å². The van der Waals surface area contributed by atoms with Gasteiger partial charge < -0.3 is 25.6 Å². The van der Waals surface area contributed by atoms with Gasteiger partial charge in [0.25, 0.3) is 5.91 Å². The number of thiophene rings is 1. The van der Waals surface area contributed by atoms with Gasteiger partial charge in [0.2, 0.25) is 0 Å². The number of pyridine rings is 1. The molecular weight excluding hydrogens is 457 g/mol. The van der Waals surface area contributed by atoms with Crippen LogP contribution in [0.3, 0.4) is 0 Å². The fraction of sp³-hybridized carbons (Fsp3) is 0.360. The van der Waals surface area contributed by atoms with Gasteiger partial charge in [0.15, 0.2) is 0 Å². The predicted octanol–water partition coefficient (Wildman–Crippen LogP) is 4.57. The number of rotatable bonds is 9. The maximum absolute atomic E-state index is 14.8. The Morgan fingerprint density at radius 1 is 1.35 bits per heavy atom. The quantitative estimate of drug-likeness (QED) is 0.410. The molecule has 0 radical (unpaired) electrons. The first kappa shape index (κ1) is 24.3. The predicted molar refractivity (Wildman–Crippen MR) is 130 cm³/mol. The number of primary amides is 1. The van der Waals surface area contributed by atoms with E-state index in [2.05, 4.69) is 10.3 Å². The van der Waals surface area contributed by atoms with E-state index in [1.807, 2.05) is 12.1 Å². The summed E-state index contributed by atoms with van der Waals surface area (Å²) < 4.78 is 26.0. The van der Waals surface area contributed by atoms with Gasteiger partial charge in [-0.25, -0.2) is 9.37 Å². The lowest BCUT2D eigenvalue weighted by Gasteiger charge is -2.18. The zero-order chi connectivity index (χ0) is 24.3. The summed E-state index contributed by atoms with van der Waals surface area (Å²) in [5.74, 6) is -0.175. The lowest BCUT2D eigenvalue weighted by molar-refractivity contribution is 0.0773. The molecule has 0 aliphatic carbocycles. The van der Waals surface area contributed by atoms with E-state index in [4.69, 9.17) is 15.2 Å². The topological polar surface area (TPSA) is 107 Å². The number of carbonyl (C=O) groups is 1. The third-order valence-electron chi connectivity index (χ3n) is 5.61. The molecule has 1 aliphatic rings. The number of nitrogens with one attached hydrogen (secondary N) is 1. The monoisotopic (exact) mass is 485 g/mol. The van der Waals surface area contributed by atoms with Gasteiger partial charge in [0.05, 0.1) is 36.7 Å². The van der Waals surface area contributed by atoms with Gasteiger partial charge in [0, 0.05) is 23.0 Å². The highest BCUT2D eigenvalue weighted by atomic mass is 32.1. The number of aliphatic hydroxyl groups is 1. The molecule has 1 amide bonds. The molecule has 7 nitrogen and oxygen atoms in total. The molecule has 0 saturated carbocycles. The van der Waals surface area contributed by atoms with Crippen molar-refractivity contribution in [3.8, 4) is 10.4 Å². The van der Waals surface area contributed by atoms with Crippen LogP contribution in [0.5, 0.6) is 0 Å². The van der Waals surface area contributed by atoms with Gasteiger partial charge in [-0.1, -0.05) is 18.2 Å². The first-order valence-corrected chi connectivity index (χ1v) is 11.9. The molecule has 2 aromatic heterocycles. The third-order valence-corrected chi connectivity index (χ3v) is 6.70. The van der Waals surface area contributed by atoms with Crippen LogP contribution in [0, 0.1) is 11.7 Å². The molecule has 4 N–H and O–H groups in total. The summed E-state index contributed by atoms with van der Waals surface area (Å²) in [5.41, 5.74) is 6.19. The Labute approximate surface area is 201 Å². The second-order valence-corrected chi connectivity index (χ2v) is 9.91. The Bertz CT molecular complexity index is 1170. The van der Waals surface area contributed by atoms with E-state index in [1.54, 1.807) is 38.1 Å². The molecule has 1 atom stereocenters. The van der Waals surface area contributed by atoms with Crippen LogP contribution in [0.1, 0.15) is 41.9 Å². The van der Waals surface area contributed by atoms with Crippen molar-refractivity contribution in [3.05, 3.63) is 65.1 Å². The van der Waals surface area contributed by atoms with E-state index in [0.29, 0.717) is 46.0 Å². The van der Waals surface area contributed by atoms with E-state index < -0.39 is 17.3 Å². The summed E-state index contributed by atoms with van der Waals surface area (Å²) in [6.45, 7) is 5.68. The lowest BCUT2D eigenvalue weighted by atomic mass is 9.96. The highest BCUT2D eigenvalue weighted by molar-refractivity contribution is 7.19. The Hall–Kier alpha value is -2.85. The van der Waals surface area contributed by atoms with Crippen molar-refractivity contribution >= 4 is 28.1 Å². The van der Waals surface area contributed by atoms with Gasteiger partial charge in [-0.2, -0.15) is 0 Å². The molecule has 9 heteroatoms. The molecule has 1 saturated heterocycles. The standard InChI is InChI=1S/C25H28FN3O4S/c1-25(2,31)16-6-7-18(20(26)10-16)21-11-19(23(27)30)24(34-21)29-22-5-3-4-17(28-22)14-33-13-15-8-9-32-12-15/h3-7,10-11,15,31H,8-9,12-14H2,1-2H3,(H2,27,30)(H,28,29). The zero-order valence-electron chi connectivity index (χ0n) is 19.1. The Balaban J connectivity index is 1.52. The second kappa shape index (κ2) is 10.2. The molecular formula is C25H28FN3O4S. The van der Waals surface area contributed by atoms with E-state index >= 15 is 0 Å². The van der Waals surface area contributed by atoms with Crippen molar-refractivity contribution in [2.24, 2.45) is 11.7 Å². The molecule has 1 aliphatic heterocycles. The summed E-state index contributed by atoms with van der Waals surface area (Å²) in [6, 6.07) is 11.6. The number of hydrogen-bond donors (Lipinski definition) is 3. The second-order valence-electron chi connectivity index (χ2n) is 8.86. The summed E-state index contributed by atoms with van der Waals surface area (Å²) >= 11 is 1.20. The SMILES string of the molecule is CC(C)(O)c1ccc(-c2cc(C(N)=O)c(Nc3cccc(COCC4CCOC4)n3)s2)c(F)c1. The number of anilines is 2. The smallest absolute Gasteiger partial charge is 0.251 e. The maximum Gasteiger partial charge on any atom is 0.251 e. The van der Waals surface area contributed by atoms with Crippen LogP contribution < -0.4 is 11.1 Å². The van der Waals surface area contributed by atoms with Gasteiger partial charge in [-0.3, -0.25) is 4.79 Å². The van der Waals surface area contributed by atoms with Crippen molar-refractivity contribution in [3.63, 3.8) is 0 Å². The van der Waals surface area contributed by atoms with Crippen molar-refractivity contribution in [2.75, 3.05) is 25.1 Å². The van der Waals surface area contributed by atoms with Gasteiger partial charge in [0.1, 0.15) is 16.6 Å². The minimum atomic E-state index is -1.16. The van der Waals surface area contributed by atoms with Crippen LogP contribution in [0.2, 0.25) is 0 Å². The lowest BCUT2D eigenvalue weighted by Crippen LogP contribution is -2.15. The number of halogens is 1. The Morgan fingerprint density at radius 3 is 2.85 bits per heavy atom. The van der Waals surface area contributed by atoms with E-state index in [1.165, 1.54) is 17.4 Å². The first-order valence-electron chi connectivity index (χ1n) is 11.1. The van der Waals surface area contributed by atoms with Crippen LogP contribution in [0.25, 0.3) is 10.4 Å². The first-order chi connectivity index (χ1) is 16.2. The average Bonchev–Trinajstić information content (AvgIpc) is 3.43. The van der Waals surface area contributed by atoms with Gasteiger partial charge in [-0.05, 0) is 50.1 Å². The normalized spacial score (nSPS) is 16.1. The van der Waals surface area contributed by atoms with E-state index in [-0.39, 0.29) is 5.56 Å². The zero-order valence-corrected chi connectivity index (χ0v) is 20.0. The molecule has 0 spiro atoms. The largest absolute Gasteiger partial charge is 0.386 e. The third kappa shape index (κ3) is 5.79. The average molecular weight is 486 g/mol. The van der Waals surface area contributed by atoms with Crippen molar-refractivity contribution in [2.45, 2.75) is 32.5 Å². The molecule has 1 aromatic carbocycles. The molecule has 3 heterocycles. The number of aromatic nitrogens is 1. The number of amides is 1. The van der Waals surface area contributed by atoms with Crippen LogP contribution in [0.15, 0.2) is 42.5 Å². The summed E-state index contributed by atoms with van der Waals surface area (Å²) in [6.07, 6.45) is 1.01. The molecule has 1 fully saturated rings. The number of carbonyl (C=O) groups excluding carboxylic acids is 1.